The molecule has 3 heterocycles. The number of nitrogens with one attached hydrogen (secondary N) is 3. The molecule has 2 aromatic heterocycles. The Labute approximate surface area is 201 Å². The van der Waals surface area contributed by atoms with Crippen molar-refractivity contribution in [2.75, 3.05) is 4.90 Å². The molecule has 35 heavy (non-hydrogen) atoms. The molecule has 0 unspecified atom stereocenters. The summed E-state index contributed by atoms with van der Waals surface area (Å²) in [6.07, 6.45) is 5.73. The van der Waals surface area contributed by atoms with Crippen molar-refractivity contribution in [1.29, 1.82) is 0 Å². The van der Waals surface area contributed by atoms with Crippen LogP contribution in [0.2, 0.25) is 0 Å². The fraction of sp³-hybridized carbons (Fsp3) is 0.545. The molecule has 13 heteroatoms. The molecule has 0 spiro atoms. The van der Waals surface area contributed by atoms with Gasteiger partial charge in [0.2, 0.25) is 11.8 Å². The highest BCUT2D eigenvalue weighted by molar-refractivity contribution is 6.06. The number of carbonyl (C=O) groups excluding carboxylic acids is 3. The Morgan fingerprint density at radius 1 is 1.23 bits per heavy atom. The topological polar surface area (TPSA) is 183 Å². The monoisotopic (exact) mass is 484 g/mol. The predicted octanol–water partition coefficient (Wildman–Crippen LogP) is 0.0987. The fourth-order valence-corrected chi connectivity index (χ4v) is 4.69. The minimum Gasteiger partial charge on any atom is -0.481 e. The van der Waals surface area contributed by atoms with Gasteiger partial charge in [0.15, 0.2) is 5.82 Å². The number of fused-ring (bicyclic) bond motifs is 1. The van der Waals surface area contributed by atoms with Crippen LogP contribution < -0.4 is 15.5 Å². The number of anilines is 1. The van der Waals surface area contributed by atoms with E-state index in [0.29, 0.717) is 17.8 Å². The van der Waals surface area contributed by atoms with Gasteiger partial charge in [0.05, 0.1) is 6.54 Å². The molecule has 0 bridgehead atoms. The van der Waals surface area contributed by atoms with Crippen LogP contribution in [0.4, 0.5) is 5.82 Å². The normalized spacial score (nSPS) is 18.2. The zero-order valence-electron chi connectivity index (χ0n) is 19.1. The van der Waals surface area contributed by atoms with E-state index in [9.17, 15) is 24.3 Å². The van der Waals surface area contributed by atoms with Crippen LogP contribution in [0, 0.1) is 5.92 Å². The summed E-state index contributed by atoms with van der Waals surface area (Å²) in [6.45, 7) is 0.0121. The summed E-state index contributed by atoms with van der Waals surface area (Å²) in [5.41, 5.74) is 0.704. The van der Waals surface area contributed by atoms with E-state index in [4.69, 9.17) is 0 Å². The van der Waals surface area contributed by atoms with E-state index >= 15 is 0 Å². The molecule has 1 fully saturated rings. The van der Waals surface area contributed by atoms with Crippen LogP contribution in [0.1, 0.15) is 56.3 Å². The number of nitrogens with zero attached hydrogens (tertiary/aromatic N) is 5. The van der Waals surface area contributed by atoms with Gasteiger partial charge in [-0.25, -0.2) is 4.98 Å². The summed E-state index contributed by atoms with van der Waals surface area (Å²) >= 11 is 0. The molecular formula is C22H28N8O5. The van der Waals surface area contributed by atoms with Crippen molar-refractivity contribution in [2.24, 2.45) is 5.92 Å². The van der Waals surface area contributed by atoms with Crippen molar-refractivity contribution >= 4 is 29.5 Å². The summed E-state index contributed by atoms with van der Waals surface area (Å²) in [5, 5.41) is 28.0. The zero-order chi connectivity index (χ0) is 24.8. The first kappa shape index (κ1) is 24.2. The fourth-order valence-electron chi connectivity index (χ4n) is 4.69. The molecule has 2 aliphatic rings. The van der Waals surface area contributed by atoms with E-state index in [-0.39, 0.29) is 43.5 Å². The lowest BCUT2D eigenvalue weighted by atomic mass is 10.0. The van der Waals surface area contributed by atoms with Gasteiger partial charge in [-0.3, -0.25) is 24.1 Å². The average Bonchev–Trinajstić information content (AvgIpc) is 3.60. The van der Waals surface area contributed by atoms with Crippen LogP contribution in [0.15, 0.2) is 18.3 Å². The Hall–Kier alpha value is -3.90. The molecule has 2 atom stereocenters. The summed E-state index contributed by atoms with van der Waals surface area (Å²) in [4.78, 5) is 56.3. The number of tetrazole rings is 1. The number of hydrogen-bond acceptors (Lipinski definition) is 8. The molecule has 4 rings (SSSR count). The molecule has 4 N–H and O–H groups in total. The van der Waals surface area contributed by atoms with Gasteiger partial charge in [-0.1, -0.05) is 24.1 Å². The van der Waals surface area contributed by atoms with Crippen LogP contribution in [0.5, 0.6) is 0 Å². The maximum absolute atomic E-state index is 13.7. The number of hydrogen-bond donors (Lipinski definition) is 4. The van der Waals surface area contributed by atoms with E-state index in [0.717, 1.165) is 25.7 Å². The molecule has 3 amide bonds. The molecule has 0 saturated heterocycles. The SMILES string of the molecule is O=C(O)CC[C@H](NC(=O)CC1CCCC1)C(=O)N1c2ncccc2C[C@H]1C(=O)NCc1nn[nH]n1. The molecular weight excluding hydrogens is 456 g/mol. The van der Waals surface area contributed by atoms with Gasteiger partial charge in [-0.15, -0.1) is 10.2 Å². The molecule has 186 valence electrons. The second kappa shape index (κ2) is 11.0. The number of aromatic amines is 1. The molecule has 0 aromatic carbocycles. The molecule has 1 aliphatic carbocycles. The number of aromatic nitrogens is 5. The van der Waals surface area contributed by atoms with Gasteiger partial charge in [0.1, 0.15) is 17.9 Å². The number of carboxylic acids is 1. The standard InChI is InChI=1S/C22H28N8O5/c31-18(10-13-4-1-2-5-13)25-15(7-8-19(32)33)22(35)30-16(11-14-6-3-9-23-20(14)30)21(34)24-12-17-26-28-29-27-17/h3,6,9,13,15-16H,1-2,4-5,7-8,10-12H2,(H,24,34)(H,25,31)(H,32,33)(H,26,27,28,29)/t15-,16-/m0/s1. The van der Waals surface area contributed by atoms with E-state index in [2.05, 4.69) is 36.2 Å². The first-order valence-electron chi connectivity index (χ1n) is 11.7. The first-order valence-corrected chi connectivity index (χ1v) is 11.7. The van der Waals surface area contributed by atoms with Gasteiger partial charge < -0.3 is 15.7 Å². The smallest absolute Gasteiger partial charge is 0.303 e. The molecule has 0 radical (unpaired) electrons. The van der Waals surface area contributed by atoms with Crippen LogP contribution in [0.3, 0.4) is 0 Å². The van der Waals surface area contributed by atoms with Gasteiger partial charge in [-0.05, 0) is 36.8 Å². The number of H-pyrrole nitrogens is 1. The largest absolute Gasteiger partial charge is 0.481 e. The lowest BCUT2D eigenvalue weighted by Crippen LogP contribution is -2.55. The van der Waals surface area contributed by atoms with Crippen molar-refractivity contribution < 1.29 is 24.3 Å². The average molecular weight is 485 g/mol. The molecule has 1 aliphatic heterocycles. The minimum atomic E-state index is -1.10. The van der Waals surface area contributed by atoms with Crippen molar-refractivity contribution in [3.63, 3.8) is 0 Å². The Bertz CT molecular complexity index is 1070. The van der Waals surface area contributed by atoms with Crippen molar-refractivity contribution in [3.8, 4) is 0 Å². The third-order valence-electron chi connectivity index (χ3n) is 6.40. The van der Waals surface area contributed by atoms with Gasteiger partial charge in [-0.2, -0.15) is 5.21 Å². The van der Waals surface area contributed by atoms with E-state index in [1.54, 1.807) is 12.1 Å². The quantitative estimate of drug-likeness (QED) is 0.363. The lowest BCUT2D eigenvalue weighted by molar-refractivity contribution is -0.138. The number of carbonyl (C=O) groups is 4. The van der Waals surface area contributed by atoms with Crippen molar-refractivity contribution in [3.05, 3.63) is 29.7 Å². The lowest BCUT2D eigenvalue weighted by Gasteiger charge is -2.28. The van der Waals surface area contributed by atoms with Crippen molar-refractivity contribution in [2.45, 2.75) is 70.0 Å². The van der Waals surface area contributed by atoms with E-state index in [1.165, 1.54) is 11.1 Å². The van der Waals surface area contributed by atoms with Crippen LogP contribution >= 0.6 is 0 Å². The van der Waals surface area contributed by atoms with Gasteiger partial charge >= 0.3 is 5.97 Å². The zero-order valence-corrected chi connectivity index (χ0v) is 19.1. The maximum Gasteiger partial charge on any atom is 0.303 e. The Balaban J connectivity index is 1.52. The number of aliphatic carboxylic acids is 1. The minimum absolute atomic E-state index is 0.0121. The van der Waals surface area contributed by atoms with Crippen LogP contribution in [-0.4, -0.2) is 66.5 Å². The summed E-state index contributed by atoms with van der Waals surface area (Å²) < 4.78 is 0. The molecule has 13 nitrogen and oxygen atoms in total. The highest BCUT2D eigenvalue weighted by Gasteiger charge is 2.42. The second-order valence-electron chi connectivity index (χ2n) is 8.87. The van der Waals surface area contributed by atoms with Gasteiger partial charge in [0, 0.05) is 25.5 Å². The Kier molecular flexibility index (Phi) is 7.63. The Morgan fingerprint density at radius 2 is 2.03 bits per heavy atom. The third-order valence-corrected chi connectivity index (χ3v) is 6.40. The summed E-state index contributed by atoms with van der Waals surface area (Å²) in [6, 6.07) is 1.48. The number of pyridine rings is 1. The predicted molar refractivity (Wildman–Crippen MR) is 121 cm³/mol. The first-order chi connectivity index (χ1) is 16.9. The highest BCUT2D eigenvalue weighted by atomic mass is 16.4. The second-order valence-corrected chi connectivity index (χ2v) is 8.87. The van der Waals surface area contributed by atoms with Crippen molar-refractivity contribution in [1.82, 2.24) is 36.2 Å². The summed E-state index contributed by atoms with van der Waals surface area (Å²) in [5.74, 6) is -1.52. The maximum atomic E-state index is 13.7. The third kappa shape index (κ3) is 5.97. The molecule has 2 aromatic rings. The number of carboxylic acid groups (broad SMARTS) is 1. The van der Waals surface area contributed by atoms with Gasteiger partial charge in [0.25, 0.3) is 5.91 Å². The van der Waals surface area contributed by atoms with Crippen LogP contribution in [0.25, 0.3) is 0 Å². The molecule has 1 saturated carbocycles. The highest BCUT2D eigenvalue weighted by Crippen LogP contribution is 2.31. The van der Waals surface area contributed by atoms with E-state index in [1.807, 2.05) is 0 Å². The number of rotatable bonds is 10. The van der Waals surface area contributed by atoms with Crippen LogP contribution in [-0.2, 0) is 32.1 Å². The van der Waals surface area contributed by atoms with E-state index < -0.39 is 29.9 Å². The number of amides is 3. The Morgan fingerprint density at radius 3 is 2.74 bits per heavy atom. The summed E-state index contributed by atoms with van der Waals surface area (Å²) in [7, 11) is 0.